The van der Waals surface area contributed by atoms with Gasteiger partial charge in [0.2, 0.25) is 0 Å². The maximum absolute atomic E-state index is 7.75. The number of nitrogens with one attached hydrogen (secondary N) is 1. The first-order valence-corrected chi connectivity index (χ1v) is 3.40. The molecule has 0 aliphatic rings. The van der Waals surface area contributed by atoms with Crippen LogP contribution in [0.25, 0.3) is 0 Å². The largest absolute Gasteiger partial charge is 3.00 e. The fraction of sp³-hybridized carbons (Fsp3) is 0.333. The van der Waals surface area contributed by atoms with Crippen LogP contribution in [0.4, 0.5) is 0 Å². The molecule has 1 aromatic rings. The zero-order chi connectivity index (χ0) is 11.1. The van der Waals surface area contributed by atoms with Gasteiger partial charge in [-0.2, -0.15) is 20.8 Å². The summed E-state index contributed by atoms with van der Waals surface area (Å²) in [6.45, 7) is 12.8. The Balaban J connectivity index is -0.0000000511. The van der Waals surface area contributed by atoms with Crippen molar-refractivity contribution in [1.29, 1.82) is 0 Å². The topological polar surface area (TPSA) is 62.8 Å². The summed E-state index contributed by atoms with van der Waals surface area (Å²) in [6.07, 6.45) is 5.08. The van der Waals surface area contributed by atoms with E-state index >= 15 is 0 Å². The third-order valence-electron chi connectivity index (χ3n) is 0.406. The van der Waals surface area contributed by atoms with Gasteiger partial charge in [0.15, 0.2) is 0 Å². The first kappa shape index (κ1) is 23.2. The quantitative estimate of drug-likeness (QED) is 0.446. The van der Waals surface area contributed by atoms with Gasteiger partial charge >= 0.3 is 19.5 Å². The van der Waals surface area contributed by atoms with Crippen molar-refractivity contribution in [2.75, 3.05) is 0 Å². The zero-order valence-corrected chi connectivity index (χ0v) is 10.2. The molecular formula is C9H15N2O2Ru. The number of H-pyrrole nitrogens is 1. The van der Waals surface area contributed by atoms with Crippen LogP contribution in [0.1, 0.15) is 20.8 Å². The van der Waals surface area contributed by atoms with E-state index < -0.39 is 0 Å². The fourth-order valence-corrected chi connectivity index (χ4v) is 0.215. The molecule has 0 aromatic carbocycles. The molecule has 5 heteroatoms. The molecule has 4 nitrogen and oxygen atoms in total. The van der Waals surface area contributed by atoms with Crippen molar-refractivity contribution in [3.8, 4) is 0 Å². The van der Waals surface area contributed by atoms with E-state index in [-0.39, 0.29) is 19.5 Å². The SMILES string of the molecule is C[C-](C)C.[CH-]=O.[CH-]=O.[Ru+3].c1c[nH]cn1. The van der Waals surface area contributed by atoms with Gasteiger partial charge in [-0.15, -0.1) is 0 Å². The molecule has 1 N–H and O–H groups in total. The van der Waals surface area contributed by atoms with Gasteiger partial charge in [0.1, 0.15) is 0 Å². The Morgan fingerprint density at radius 3 is 1.57 bits per heavy atom. The molecule has 0 amide bonds. The molecule has 0 saturated carbocycles. The summed E-state index contributed by atoms with van der Waals surface area (Å²) in [5, 5.41) is 0. The van der Waals surface area contributed by atoms with E-state index in [9.17, 15) is 0 Å². The van der Waals surface area contributed by atoms with E-state index in [4.69, 9.17) is 9.59 Å². The second kappa shape index (κ2) is 29.5. The van der Waals surface area contributed by atoms with Crippen LogP contribution in [0.5, 0.6) is 0 Å². The smallest absolute Gasteiger partial charge is 0.545 e. The van der Waals surface area contributed by atoms with Gasteiger partial charge in [-0.05, 0) is 0 Å². The molecule has 1 radical (unpaired) electrons. The average Bonchev–Trinajstić information content (AvgIpc) is 2.67. The molecule has 0 atom stereocenters. The molecule has 0 bridgehead atoms. The Morgan fingerprint density at radius 1 is 1.14 bits per heavy atom. The van der Waals surface area contributed by atoms with Crippen molar-refractivity contribution in [1.82, 2.24) is 9.97 Å². The minimum Gasteiger partial charge on any atom is -0.545 e. The number of aromatic amines is 1. The second-order valence-electron chi connectivity index (χ2n) is 2.26. The van der Waals surface area contributed by atoms with Gasteiger partial charge < -0.3 is 20.5 Å². The van der Waals surface area contributed by atoms with Gasteiger partial charge in [-0.25, -0.2) is 4.98 Å². The molecule has 1 rings (SSSR count). The Hall–Kier alpha value is -0.827. The van der Waals surface area contributed by atoms with Crippen LogP contribution in [0.2, 0.25) is 0 Å². The van der Waals surface area contributed by atoms with Crippen LogP contribution in [0, 0.1) is 5.92 Å². The summed E-state index contributed by atoms with van der Waals surface area (Å²) >= 11 is 0. The molecule has 81 valence electrons. The number of rotatable bonds is 0. The summed E-state index contributed by atoms with van der Waals surface area (Å²) in [4.78, 5) is 21.9. The van der Waals surface area contributed by atoms with Crippen molar-refractivity contribution < 1.29 is 29.1 Å². The fourth-order valence-electron chi connectivity index (χ4n) is 0.215. The van der Waals surface area contributed by atoms with E-state index in [1.54, 1.807) is 18.7 Å². The molecule has 0 aliphatic heterocycles. The minimum atomic E-state index is 0. The van der Waals surface area contributed by atoms with Gasteiger partial charge in [-0.3, -0.25) is 13.6 Å². The number of imidazole rings is 1. The van der Waals surface area contributed by atoms with Crippen LogP contribution >= 0.6 is 0 Å². The van der Waals surface area contributed by atoms with Crippen molar-refractivity contribution in [3.63, 3.8) is 0 Å². The van der Waals surface area contributed by atoms with Gasteiger partial charge in [0.05, 0.1) is 6.33 Å². The average molecular weight is 284 g/mol. The monoisotopic (exact) mass is 285 g/mol. The van der Waals surface area contributed by atoms with Crippen LogP contribution in [0.3, 0.4) is 0 Å². The number of hydrogen-bond acceptors (Lipinski definition) is 3. The van der Waals surface area contributed by atoms with E-state index in [0.717, 1.165) is 0 Å². The molecule has 0 fully saturated rings. The van der Waals surface area contributed by atoms with E-state index in [0.29, 0.717) is 0 Å². The molecular weight excluding hydrogens is 269 g/mol. The maximum atomic E-state index is 7.75. The number of aromatic nitrogens is 2. The van der Waals surface area contributed by atoms with Gasteiger partial charge in [0.25, 0.3) is 0 Å². The first-order chi connectivity index (χ1) is 6.23. The van der Waals surface area contributed by atoms with Crippen LogP contribution in [0.15, 0.2) is 18.7 Å². The Labute approximate surface area is 98.3 Å². The number of hydrogen-bond donors (Lipinski definition) is 1. The number of carbonyl (C=O) groups excluding carboxylic acids is 2. The van der Waals surface area contributed by atoms with Gasteiger partial charge in [-0.1, -0.05) is 0 Å². The van der Waals surface area contributed by atoms with Crippen molar-refractivity contribution >= 4 is 13.6 Å². The Morgan fingerprint density at radius 2 is 1.50 bits per heavy atom. The maximum Gasteiger partial charge on any atom is 3.00 e. The Bertz CT molecular complexity index is 125. The summed E-state index contributed by atoms with van der Waals surface area (Å²) in [5.74, 6) is 1.42. The zero-order valence-electron chi connectivity index (χ0n) is 8.50. The predicted octanol–water partition coefficient (Wildman–Crippen LogP) is 1.48. The van der Waals surface area contributed by atoms with Crippen molar-refractivity contribution in [3.05, 3.63) is 24.6 Å². The summed E-state index contributed by atoms with van der Waals surface area (Å²) in [7, 11) is 0. The normalized spacial score (nSPS) is 6.00. The molecule has 1 heterocycles. The summed E-state index contributed by atoms with van der Waals surface area (Å²) in [6, 6.07) is 0. The summed E-state index contributed by atoms with van der Waals surface area (Å²) in [5.41, 5.74) is 0. The van der Waals surface area contributed by atoms with Crippen LogP contribution in [-0.2, 0) is 29.1 Å². The molecule has 0 unspecified atom stereocenters. The van der Waals surface area contributed by atoms with Crippen LogP contribution in [-0.4, -0.2) is 23.5 Å². The summed E-state index contributed by atoms with van der Waals surface area (Å²) < 4.78 is 0. The third-order valence-corrected chi connectivity index (χ3v) is 0.406. The van der Waals surface area contributed by atoms with E-state index in [1.807, 2.05) is 0 Å². The molecule has 0 saturated heterocycles. The van der Waals surface area contributed by atoms with Crippen molar-refractivity contribution in [2.45, 2.75) is 20.8 Å². The molecule has 1 aromatic heterocycles. The molecule has 0 spiro atoms. The standard InChI is InChI=1S/C4H9.C3H4N2.2CHO.Ru/c1-4(2)3;1-2-5-3-4-1;2*1-2;/h1-3H3;1-3H,(H,4,5);2*1H;/q-1;;2*-1;+3. The first-order valence-electron chi connectivity index (χ1n) is 3.40. The minimum absolute atomic E-state index is 0. The van der Waals surface area contributed by atoms with E-state index in [2.05, 4.69) is 44.3 Å². The molecule has 0 aliphatic carbocycles. The van der Waals surface area contributed by atoms with Crippen LogP contribution < -0.4 is 0 Å². The molecule has 14 heavy (non-hydrogen) atoms. The second-order valence-corrected chi connectivity index (χ2v) is 2.26. The third kappa shape index (κ3) is 66.4. The van der Waals surface area contributed by atoms with Gasteiger partial charge in [0, 0.05) is 12.4 Å². The Kier molecular flexibility index (Phi) is 48.9. The van der Waals surface area contributed by atoms with Crippen molar-refractivity contribution in [2.24, 2.45) is 0 Å². The number of nitrogens with zero attached hydrogens (tertiary/aromatic N) is 1. The predicted molar refractivity (Wildman–Crippen MR) is 52.4 cm³/mol. The van der Waals surface area contributed by atoms with E-state index in [1.165, 1.54) is 5.92 Å².